The Labute approximate surface area is 116 Å². The van der Waals surface area contributed by atoms with Crippen LogP contribution in [0.3, 0.4) is 0 Å². The second-order valence-electron chi connectivity index (χ2n) is 4.58. The quantitative estimate of drug-likeness (QED) is 0.796. The van der Waals surface area contributed by atoms with Crippen molar-refractivity contribution in [3.63, 3.8) is 0 Å². The van der Waals surface area contributed by atoms with Crippen molar-refractivity contribution in [3.8, 4) is 5.75 Å². The molecule has 0 fully saturated rings. The average molecular weight is 279 g/mol. The Morgan fingerprint density at radius 3 is 3.10 bits per heavy atom. The largest absolute Gasteiger partial charge is 0.482 e. The molecular weight excluding hydrogens is 262 g/mol. The van der Waals surface area contributed by atoms with Crippen molar-refractivity contribution in [1.82, 2.24) is 0 Å². The number of hydrogen-bond donors (Lipinski definition) is 2. The maximum absolute atomic E-state index is 11.2. The highest BCUT2D eigenvalue weighted by molar-refractivity contribution is 5.95. The molecule has 0 spiro atoms. The monoisotopic (exact) mass is 279 g/mol. The number of anilines is 1. The summed E-state index contributed by atoms with van der Waals surface area (Å²) in [5.74, 6) is 0.0910. The lowest BCUT2D eigenvalue weighted by atomic mass is 10.0. The molecule has 0 saturated carbocycles. The second-order valence-corrected chi connectivity index (χ2v) is 4.58. The predicted octanol–water partition coefficient (Wildman–Crippen LogP) is 1.39. The first-order chi connectivity index (χ1) is 9.60. The van der Waals surface area contributed by atoms with Crippen LogP contribution in [-0.2, 0) is 14.3 Å². The summed E-state index contributed by atoms with van der Waals surface area (Å²) in [5.41, 5.74) is 1.24. The normalized spacial score (nSPS) is 14.8. The number of nitrogens with one attached hydrogen (secondary N) is 1. The van der Waals surface area contributed by atoms with E-state index >= 15 is 0 Å². The third-order valence-electron chi connectivity index (χ3n) is 3.11. The topological polar surface area (TPSA) is 84.9 Å². The van der Waals surface area contributed by atoms with Crippen molar-refractivity contribution < 1.29 is 24.2 Å². The molecule has 1 atom stereocenters. The molecule has 1 aromatic carbocycles. The summed E-state index contributed by atoms with van der Waals surface area (Å²) in [6, 6.07) is 5.15. The van der Waals surface area contributed by atoms with Crippen molar-refractivity contribution in [2.75, 3.05) is 19.0 Å². The first-order valence-corrected chi connectivity index (χ1v) is 6.41. The van der Waals surface area contributed by atoms with Crippen LogP contribution in [0.2, 0.25) is 0 Å². The van der Waals surface area contributed by atoms with Crippen LogP contribution in [0.25, 0.3) is 0 Å². The number of rotatable bonds is 5. The Morgan fingerprint density at radius 2 is 2.35 bits per heavy atom. The number of ether oxygens (including phenoxy) is 2. The standard InChI is InChI=1S/C14H17NO5/c1-19-14(18)4-2-3-11(16)9-5-6-12-10(7-9)15-13(17)8-20-12/h5-7,11,16H,2-4,8H2,1H3,(H,15,17). The van der Waals surface area contributed by atoms with Gasteiger partial charge in [0, 0.05) is 6.42 Å². The lowest BCUT2D eigenvalue weighted by Crippen LogP contribution is -2.25. The molecule has 1 unspecified atom stereocenters. The van der Waals surface area contributed by atoms with Gasteiger partial charge in [-0.25, -0.2) is 0 Å². The van der Waals surface area contributed by atoms with Crippen LogP contribution in [0, 0.1) is 0 Å². The van der Waals surface area contributed by atoms with E-state index in [9.17, 15) is 14.7 Å². The van der Waals surface area contributed by atoms with Gasteiger partial charge in [-0.2, -0.15) is 0 Å². The van der Waals surface area contributed by atoms with Gasteiger partial charge in [0.2, 0.25) is 0 Å². The van der Waals surface area contributed by atoms with Gasteiger partial charge < -0.3 is 19.9 Å². The summed E-state index contributed by atoms with van der Waals surface area (Å²) in [7, 11) is 1.34. The van der Waals surface area contributed by atoms with Crippen LogP contribution in [0.1, 0.15) is 30.9 Å². The van der Waals surface area contributed by atoms with E-state index in [1.807, 2.05) is 0 Å². The highest BCUT2D eigenvalue weighted by Crippen LogP contribution is 2.31. The second kappa shape index (κ2) is 6.38. The summed E-state index contributed by atoms with van der Waals surface area (Å²) in [5, 5.41) is 12.8. The van der Waals surface area contributed by atoms with E-state index in [0.29, 0.717) is 29.8 Å². The molecule has 1 aromatic rings. The van der Waals surface area contributed by atoms with Crippen LogP contribution in [0.4, 0.5) is 5.69 Å². The molecular formula is C14H17NO5. The molecule has 0 bridgehead atoms. The summed E-state index contributed by atoms with van der Waals surface area (Å²) in [4.78, 5) is 22.2. The molecule has 108 valence electrons. The van der Waals surface area contributed by atoms with Gasteiger partial charge >= 0.3 is 5.97 Å². The number of hydrogen-bond acceptors (Lipinski definition) is 5. The smallest absolute Gasteiger partial charge is 0.305 e. The number of carbonyl (C=O) groups is 2. The SMILES string of the molecule is COC(=O)CCCC(O)c1ccc2c(c1)NC(=O)CO2. The molecule has 1 heterocycles. The van der Waals surface area contributed by atoms with Crippen LogP contribution < -0.4 is 10.1 Å². The lowest BCUT2D eigenvalue weighted by Gasteiger charge is -2.20. The van der Waals surface area contributed by atoms with E-state index in [0.717, 1.165) is 0 Å². The molecule has 0 aliphatic carbocycles. The fourth-order valence-corrected chi connectivity index (χ4v) is 2.02. The number of methoxy groups -OCH3 is 1. The molecule has 6 heteroatoms. The highest BCUT2D eigenvalue weighted by Gasteiger charge is 2.18. The van der Waals surface area contributed by atoms with Crippen LogP contribution >= 0.6 is 0 Å². The number of amides is 1. The van der Waals surface area contributed by atoms with E-state index in [1.54, 1.807) is 18.2 Å². The Morgan fingerprint density at radius 1 is 1.55 bits per heavy atom. The van der Waals surface area contributed by atoms with Gasteiger partial charge in [-0.05, 0) is 30.5 Å². The van der Waals surface area contributed by atoms with E-state index < -0.39 is 6.10 Å². The van der Waals surface area contributed by atoms with Gasteiger partial charge in [0.25, 0.3) is 5.91 Å². The van der Waals surface area contributed by atoms with Crippen LogP contribution in [-0.4, -0.2) is 30.7 Å². The van der Waals surface area contributed by atoms with Crippen molar-refractivity contribution in [2.45, 2.75) is 25.4 Å². The van der Waals surface area contributed by atoms with Crippen molar-refractivity contribution in [2.24, 2.45) is 0 Å². The van der Waals surface area contributed by atoms with E-state index in [1.165, 1.54) is 7.11 Å². The number of benzene rings is 1. The molecule has 0 saturated heterocycles. The van der Waals surface area contributed by atoms with Gasteiger partial charge in [-0.3, -0.25) is 9.59 Å². The van der Waals surface area contributed by atoms with Crippen molar-refractivity contribution in [3.05, 3.63) is 23.8 Å². The molecule has 2 N–H and O–H groups in total. The van der Waals surface area contributed by atoms with Crippen LogP contribution in [0.5, 0.6) is 5.75 Å². The Bertz CT molecular complexity index is 514. The molecule has 6 nitrogen and oxygen atoms in total. The Kier molecular flexibility index (Phi) is 4.57. The minimum atomic E-state index is -0.691. The van der Waals surface area contributed by atoms with Crippen LogP contribution in [0.15, 0.2) is 18.2 Å². The Hall–Kier alpha value is -2.08. The number of aliphatic hydroxyl groups excluding tert-OH is 1. The minimum absolute atomic E-state index is 0.00797. The molecule has 1 amide bonds. The number of aliphatic hydroxyl groups is 1. The molecule has 0 aromatic heterocycles. The van der Waals surface area contributed by atoms with Crippen molar-refractivity contribution in [1.29, 1.82) is 0 Å². The van der Waals surface area contributed by atoms with E-state index in [2.05, 4.69) is 10.1 Å². The maximum Gasteiger partial charge on any atom is 0.305 e. The summed E-state index contributed by atoms with van der Waals surface area (Å²) in [6.07, 6.45) is 0.568. The third kappa shape index (κ3) is 3.48. The van der Waals surface area contributed by atoms with Crippen molar-refractivity contribution >= 4 is 17.6 Å². The molecule has 20 heavy (non-hydrogen) atoms. The zero-order chi connectivity index (χ0) is 14.5. The summed E-state index contributed by atoms with van der Waals surface area (Å²) >= 11 is 0. The summed E-state index contributed by atoms with van der Waals surface area (Å²) < 4.78 is 9.78. The zero-order valence-corrected chi connectivity index (χ0v) is 11.2. The van der Waals surface area contributed by atoms with Gasteiger partial charge in [0.05, 0.1) is 18.9 Å². The molecule has 1 aliphatic rings. The highest BCUT2D eigenvalue weighted by atomic mass is 16.5. The average Bonchev–Trinajstić information content (AvgIpc) is 2.46. The minimum Gasteiger partial charge on any atom is -0.482 e. The molecule has 1 aliphatic heterocycles. The first-order valence-electron chi connectivity index (χ1n) is 6.41. The number of fused-ring (bicyclic) bond motifs is 1. The maximum atomic E-state index is 11.2. The summed E-state index contributed by atoms with van der Waals surface area (Å²) in [6.45, 7) is 0.00797. The predicted molar refractivity (Wildman–Crippen MR) is 71.4 cm³/mol. The zero-order valence-electron chi connectivity index (χ0n) is 11.2. The van der Waals surface area contributed by atoms with Gasteiger partial charge in [0.15, 0.2) is 6.61 Å². The molecule has 2 rings (SSSR count). The number of carbonyl (C=O) groups excluding carboxylic acids is 2. The lowest BCUT2D eigenvalue weighted by molar-refractivity contribution is -0.140. The fourth-order valence-electron chi connectivity index (χ4n) is 2.02. The fraction of sp³-hybridized carbons (Fsp3) is 0.429. The first kappa shape index (κ1) is 14.3. The van der Waals surface area contributed by atoms with E-state index in [4.69, 9.17) is 4.74 Å². The Balaban J connectivity index is 1.96. The van der Waals surface area contributed by atoms with Gasteiger partial charge in [-0.15, -0.1) is 0 Å². The molecule has 0 radical (unpaired) electrons. The third-order valence-corrected chi connectivity index (χ3v) is 3.11. The van der Waals surface area contributed by atoms with Gasteiger partial charge in [0.1, 0.15) is 5.75 Å². The number of esters is 1. The van der Waals surface area contributed by atoms with Gasteiger partial charge in [-0.1, -0.05) is 6.07 Å². The van der Waals surface area contributed by atoms with E-state index in [-0.39, 0.29) is 24.9 Å².